The molecule has 0 saturated carbocycles. The van der Waals surface area contributed by atoms with E-state index in [0.717, 1.165) is 10.5 Å². The van der Waals surface area contributed by atoms with Crippen molar-refractivity contribution in [1.82, 2.24) is 9.78 Å². The van der Waals surface area contributed by atoms with Gasteiger partial charge in [-0.05, 0) is 35.2 Å². The molecule has 0 fully saturated rings. The first-order valence-electron chi connectivity index (χ1n) is 9.53. The number of nitrogens with zero attached hydrogens (tertiary/aromatic N) is 2. The summed E-state index contributed by atoms with van der Waals surface area (Å²) in [5, 5.41) is 4.29. The number of aromatic nitrogens is 2. The molecule has 0 amide bonds. The van der Waals surface area contributed by atoms with E-state index >= 15 is 0 Å². The van der Waals surface area contributed by atoms with Crippen LogP contribution in [0.2, 0.25) is 0 Å². The van der Waals surface area contributed by atoms with E-state index in [1.165, 1.54) is 34.6 Å². The summed E-state index contributed by atoms with van der Waals surface area (Å²) in [6.45, 7) is 6.81. The maximum Gasteiger partial charge on any atom is 0.272 e. The molecule has 1 aromatic heterocycles. The summed E-state index contributed by atoms with van der Waals surface area (Å²) in [5.74, 6) is 1.52. The summed E-state index contributed by atoms with van der Waals surface area (Å²) >= 11 is 1.47. The van der Waals surface area contributed by atoms with Crippen LogP contribution in [0.5, 0.6) is 11.5 Å². The fraction of sp³-hybridized carbons (Fsp3) is 0.304. The number of thioether (sulfide) groups is 1. The summed E-state index contributed by atoms with van der Waals surface area (Å²) in [7, 11) is 1.56. The lowest BCUT2D eigenvalue weighted by Crippen LogP contribution is -2.20. The second kappa shape index (κ2) is 9.34. The van der Waals surface area contributed by atoms with Gasteiger partial charge in [0.25, 0.3) is 5.56 Å². The largest absolute Gasteiger partial charge is 0.493 e. The molecule has 1 heterocycles. The van der Waals surface area contributed by atoms with Crippen LogP contribution in [0, 0.1) is 11.2 Å². The number of halogens is 1. The van der Waals surface area contributed by atoms with Crippen LogP contribution in [0.25, 0.3) is 5.69 Å². The Morgan fingerprint density at radius 1 is 1.07 bits per heavy atom. The molecule has 0 aliphatic rings. The predicted octanol–water partition coefficient (Wildman–Crippen LogP) is 5.10. The van der Waals surface area contributed by atoms with Crippen molar-refractivity contribution in [2.45, 2.75) is 31.4 Å². The number of benzene rings is 2. The quantitative estimate of drug-likeness (QED) is 0.490. The van der Waals surface area contributed by atoms with Gasteiger partial charge < -0.3 is 9.47 Å². The Hall–Kier alpha value is -2.80. The maximum atomic E-state index is 13.0. The number of ether oxygens (including phenoxy) is 2. The van der Waals surface area contributed by atoms with Gasteiger partial charge in [0.15, 0.2) is 11.5 Å². The smallest absolute Gasteiger partial charge is 0.272 e. The molecule has 0 bridgehead atoms. The maximum absolute atomic E-state index is 13.0. The van der Waals surface area contributed by atoms with Crippen LogP contribution in [-0.2, 0) is 5.75 Å². The lowest BCUT2D eigenvalue weighted by Gasteiger charge is -2.20. The van der Waals surface area contributed by atoms with E-state index < -0.39 is 0 Å². The van der Waals surface area contributed by atoms with Crippen molar-refractivity contribution in [2.75, 3.05) is 13.7 Å². The number of rotatable bonds is 7. The first-order valence-corrected chi connectivity index (χ1v) is 10.5. The molecule has 5 nitrogen and oxygen atoms in total. The SMILES string of the molecule is COc1cc(-n2ncc(SCc3ccc(F)cc3)cc2=O)ccc1OCC(C)(C)C. The third kappa shape index (κ3) is 5.86. The highest BCUT2D eigenvalue weighted by molar-refractivity contribution is 7.98. The van der Waals surface area contributed by atoms with Gasteiger partial charge in [0.05, 0.1) is 25.6 Å². The topological polar surface area (TPSA) is 53.4 Å². The minimum absolute atomic E-state index is 0.0174. The second-order valence-electron chi connectivity index (χ2n) is 8.04. The first kappa shape index (κ1) is 21.9. The van der Waals surface area contributed by atoms with Crippen LogP contribution in [-0.4, -0.2) is 23.5 Å². The van der Waals surface area contributed by atoms with Gasteiger partial charge in [0.2, 0.25) is 0 Å². The van der Waals surface area contributed by atoms with E-state index in [4.69, 9.17) is 9.47 Å². The lowest BCUT2D eigenvalue weighted by atomic mass is 9.99. The molecule has 0 radical (unpaired) electrons. The monoisotopic (exact) mass is 428 g/mol. The number of hydrogen-bond acceptors (Lipinski definition) is 5. The van der Waals surface area contributed by atoms with Gasteiger partial charge in [-0.15, -0.1) is 11.8 Å². The van der Waals surface area contributed by atoms with Crippen LogP contribution in [0.15, 0.2) is 64.4 Å². The minimum atomic E-state index is -0.265. The predicted molar refractivity (Wildman–Crippen MR) is 117 cm³/mol. The Balaban J connectivity index is 1.75. The molecule has 3 rings (SSSR count). The third-order valence-electron chi connectivity index (χ3n) is 4.15. The highest BCUT2D eigenvalue weighted by atomic mass is 32.2. The molecule has 30 heavy (non-hydrogen) atoms. The van der Waals surface area contributed by atoms with Crippen molar-refractivity contribution in [1.29, 1.82) is 0 Å². The van der Waals surface area contributed by atoms with Crippen LogP contribution >= 0.6 is 11.8 Å². The van der Waals surface area contributed by atoms with E-state index in [2.05, 4.69) is 25.9 Å². The van der Waals surface area contributed by atoms with Crippen LogP contribution in [0.4, 0.5) is 4.39 Å². The Bertz CT molecular complexity index is 1060. The Morgan fingerprint density at radius 2 is 1.80 bits per heavy atom. The molecule has 7 heteroatoms. The van der Waals surface area contributed by atoms with Crippen molar-refractivity contribution in [3.05, 3.63) is 76.5 Å². The molecular weight excluding hydrogens is 403 g/mol. The molecule has 0 N–H and O–H groups in total. The average Bonchev–Trinajstić information content (AvgIpc) is 2.71. The molecule has 0 saturated heterocycles. The summed E-state index contributed by atoms with van der Waals surface area (Å²) in [6, 6.07) is 13.1. The molecule has 0 spiro atoms. The van der Waals surface area contributed by atoms with E-state index in [0.29, 0.717) is 29.5 Å². The highest BCUT2D eigenvalue weighted by Crippen LogP contribution is 2.30. The summed E-state index contributed by atoms with van der Waals surface area (Å²) in [6.07, 6.45) is 1.64. The van der Waals surface area contributed by atoms with Gasteiger partial charge in [-0.3, -0.25) is 4.79 Å². The fourth-order valence-corrected chi connectivity index (χ4v) is 3.44. The molecule has 0 aliphatic heterocycles. The molecule has 0 atom stereocenters. The highest BCUT2D eigenvalue weighted by Gasteiger charge is 2.14. The van der Waals surface area contributed by atoms with Gasteiger partial charge in [-0.1, -0.05) is 32.9 Å². The second-order valence-corrected chi connectivity index (χ2v) is 9.09. The first-order chi connectivity index (χ1) is 14.2. The van der Waals surface area contributed by atoms with Gasteiger partial charge >= 0.3 is 0 Å². The van der Waals surface area contributed by atoms with Crippen LogP contribution in [0.1, 0.15) is 26.3 Å². The molecule has 0 aliphatic carbocycles. The zero-order valence-corrected chi connectivity index (χ0v) is 18.3. The number of methoxy groups -OCH3 is 1. The Morgan fingerprint density at radius 3 is 2.43 bits per heavy atom. The average molecular weight is 429 g/mol. The van der Waals surface area contributed by atoms with Crippen molar-refractivity contribution < 1.29 is 13.9 Å². The molecule has 2 aromatic carbocycles. The van der Waals surface area contributed by atoms with E-state index in [1.807, 2.05) is 0 Å². The third-order valence-corrected chi connectivity index (χ3v) is 5.18. The Kier molecular flexibility index (Phi) is 6.82. The molecule has 158 valence electrons. The zero-order chi connectivity index (χ0) is 21.7. The van der Waals surface area contributed by atoms with E-state index in [9.17, 15) is 9.18 Å². The van der Waals surface area contributed by atoms with Crippen molar-refractivity contribution in [3.8, 4) is 17.2 Å². The van der Waals surface area contributed by atoms with Gasteiger partial charge in [0, 0.05) is 22.8 Å². The standard InChI is InChI=1S/C23H25FN2O3S/c1-23(2,3)15-29-20-10-9-18(11-21(20)28-4)26-22(27)12-19(13-25-26)30-14-16-5-7-17(24)8-6-16/h5-13H,14-15H2,1-4H3. The van der Waals surface area contributed by atoms with Gasteiger partial charge in [-0.25, -0.2) is 4.39 Å². The lowest BCUT2D eigenvalue weighted by molar-refractivity contribution is 0.191. The molecule has 0 unspecified atom stereocenters. The summed E-state index contributed by atoms with van der Waals surface area (Å²) < 4.78 is 25.6. The molecular formula is C23H25FN2O3S. The summed E-state index contributed by atoms with van der Waals surface area (Å²) in [5.41, 5.74) is 1.34. The van der Waals surface area contributed by atoms with E-state index in [-0.39, 0.29) is 16.8 Å². The van der Waals surface area contributed by atoms with Gasteiger partial charge in [-0.2, -0.15) is 9.78 Å². The fourth-order valence-electron chi connectivity index (χ4n) is 2.61. The van der Waals surface area contributed by atoms with Crippen molar-refractivity contribution in [2.24, 2.45) is 5.41 Å². The normalized spacial score (nSPS) is 11.4. The van der Waals surface area contributed by atoms with E-state index in [1.54, 1.807) is 43.6 Å². The zero-order valence-electron chi connectivity index (χ0n) is 17.5. The minimum Gasteiger partial charge on any atom is -0.493 e. The van der Waals surface area contributed by atoms with Crippen molar-refractivity contribution >= 4 is 11.8 Å². The Labute approximate surface area is 179 Å². The number of hydrogen-bond donors (Lipinski definition) is 0. The van der Waals surface area contributed by atoms with Crippen LogP contribution < -0.4 is 15.0 Å². The van der Waals surface area contributed by atoms with Gasteiger partial charge in [0.1, 0.15) is 5.82 Å². The molecule has 3 aromatic rings. The van der Waals surface area contributed by atoms with Crippen LogP contribution in [0.3, 0.4) is 0 Å². The van der Waals surface area contributed by atoms with Crippen molar-refractivity contribution in [3.63, 3.8) is 0 Å². The summed E-state index contributed by atoms with van der Waals surface area (Å²) in [4.78, 5) is 13.4.